The summed E-state index contributed by atoms with van der Waals surface area (Å²) in [6.07, 6.45) is 0.0802. The molecule has 170 valence electrons. The van der Waals surface area contributed by atoms with Gasteiger partial charge in [0.25, 0.3) is 5.91 Å². The van der Waals surface area contributed by atoms with Gasteiger partial charge in [-0.2, -0.15) is 0 Å². The zero-order valence-electron chi connectivity index (χ0n) is 18.7. The average Bonchev–Trinajstić information content (AvgIpc) is 3.16. The maximum atomic E-state index is 13.2. The molecule has 7 heteroatoms. The number of nitrogens with one attached hydrogen (secondary N) is 1. The molecule has 0 unspecified atom stereocenters. The van der Waals surface area contributed by atoms with Crippen LogP contribution < -0.4 is 14.8 Å². The van der Waals surface area contributed by atoms with Gasteiger partial charge in [-0.05, 0) is 47.9 Å². The number of anilines is 1. The fraction of sp³-hybridized carbons (Fsp3) is 0.231. The van der Waals surface area contributed by atoms with Crippen LogP contribution >= 0.6 is 11.6 Å². The van der Waals surface area contributed by atoms with Gasteiger partial charge in [-0.3, -0.25) is 9.59 Å². The third-order valence-electron chi connectivity index (χ3n) is 5.86. The number of carbonyl (C=O) groups excluding carboxylic acids is 2. The van der Waals surface area contributed by atoms with E-state index in [0.29, 0.717) is 34.3 Å². The maximum absolute atomic E-state index is 13.2. The summed E-state index contributed by atoms with van der Waals surface area (Å²) in [5, 5.41) is 3.48. The number of amides is 2. The molecule has 2 amide bonds. The largest absolute Gasteiger partial charge is 0.497 e. The zero-order chi connectivity index (χ0) is 23.5. The lowest BCUT2D eigenvalue weighted by Gasteiger charge is -2.28. The molecule has 3 aromatic rings. The first-order chi connectivity index (χ1) is 15.9. The average molecular weight is 465 g/mol. The van der Waals surface area contributed by atoms with Gasteiger partial charge in [0.2, 0.25) is 5.91 Å². The van der Waals surface area contributed by atoms with Gasteiger partial charge in [-0.25, -0.2) is 0 Å². The summed E-state index contributed by atoms with van der Waals surface area (Å²) in [7, 11) is 3.12. The Balaban J connectivity index is 1.62. The van der Waals surface area contributed by atoms with Crippen molar-refractivity contribution in [3.05, 3.63) is 87.9 Å². The number of rotatable bonds is 7. The molecule has 33 heavy (non-hydrogen) atoms. The monoisotopic (exact) mass is 464 g/mol. The Morgan fingerprint density at radius 2 is 1.82 bits per heavy atom. The Kier molecular flexibility index (Phi) is 6.56. The van der Waals surface area contributed by atoms with Crippen molar-refractivity contribution >= 4 is 29.1 Å². The predicted molar refractivity (Wildman–Crippen MR) is 128 cm³/mol. The van der Waals surface area contributed by atoms with Gasteiger partial charge in [-0.1, -0.05) is 41.9 Å². The van der Waals surface area contributed by atoms with Crippen molar-refractivity contribution in [3.8, 4) is 11.5 Å². The van der Waals surface area contributed by atoms with Crippen molar-refractivity contribution in [2.75, 3.05) is 19.5 Å². The van der Waals surface area contributed by atoms with Crippen LogP contribution in [0.25, 0.3) is 0 Å². The Morgan fingerprint density at radius 1 is 1.09 bits per heavy atom. The molecule has 1 N–H and O–H groups in total. The standard InChI is InChI=1S/C26H25ClN2O4/c1-16-12-22(24(33-3)13-21(16)27)28-25(30)14-23(17-8-10-19(32-2)11-9-17)29-15-18-6-4-5-7-20(18)26(29)31/h4-13,23H,14-15H2,1-3H3,(H,28,30)/t23-/m1/s1. The van der Waals surface area contributed by atoms with Gasteiger partial charge >= 0.3 is 0 Å². The van der Waals surface area contributed by atoms with Crippen molar-refractivity contribution < 1.29 is 19.1 Å². The molecule has 1 heterocycles. The van der Waals surface area contributed by atoms with Crippen LogP contribution in [0.15, 0.2) is 60.7 Å². The Bertz CT molecular complexity index is 1190. The van der Waals surface area contributed by atoms with Crippen molar-refractivity contribution in [2.24, 2.45) is 0 Å². The SMILES string of the molecule is COc1ccc([C@@H](CC(=O)Nc2cc(C)c(Cl)cc2OC)N2Cc3ccccc3C2=O)cc1. The van der Waals surface area contributed by atoms with Crippen LogP contribution in [0.3, 0.4) is 0 Å². The lowest BCUT2D eigenvalue weighted by atomic mass is 10.0. The number of nitrogens with zero attached hydrogens (tertiary/aromatic N) is 1. The minimum Gasteiger partial charge on any atom is -0.497 e. The molecule has 1 aliphatic heterocycles. The number of halogens is 1. The predicted octanol–water partition coefficient (Wildman–Crippen LogP) is 5.39. The summed E-state index contributed by atoms with van der Waals surface area (Å²) in [5.74, 6) is 0.864. The van der Waals surface area contributed by atoms with E-state index in [9.17, 15) is 9.59 Å². The molecule has 3 aromatic carbocycles. The van der Waals surface area contributed by atoms with Crippen LogP contribution in [-0.2, 0) is 11.3 Å². The van der Waals surface area contributed by atoms with Crippen molar-refractivity contribution in [1.29, 1.82) is 0 Å². The molecule has 6 nitrogen and oxygen atoms in total. The number of hydrogen-bond donors (Lipinski definition) is 1. The molecular formula is C26H25ClN2O4. The lowest BCUT2D eigenvalue weighted by molar-refractivity contribution is -0.117. The van der Waals surface area contributed by atoms with Gasteiger partial charge in [0.1, 0.15) is 11.5 Å². The molecule has 0 aromatic heterocycles. The second-order valence-corrected chi connectivity index (χ2v) is 8.34. The van der Waals surface area contributed by atoms with E-state index in [0.717, 1.165) is 16.7 Å². The van der Waals surface area contributed by atoms with E-state index in [-0.39, 0.29) is 18.2 Å². The minimum atomic E-state index is -0.449. The van der Waals surface area contributed by atoms with Gasteiger partial charge in [0, 0.05) is 23.2 Å². The Labute approximate surface area is 198 Å². The molecule has 4 rings (SSSR count). The third-order valence-corrected chi connectivity index (χ3v) is 6.27. The Morgan fingerprint density at radius 3 is 2.48 bits per heavy atom. The second-order valence-electron chi connectivity index (χ2n) is 7.93. The van der Waals surface area contributed by atoms with Crippen LogP contribution in [0.5, 0.6) is 11.5 Å². The minimum absolute atomic E-state index is 0.0802. The summed E-state index contributed by atoms with van der Waals surface area (Å²) in [5.41, 5.74) is 3.84. The number of hydrogen-bond acceptors (Lipinski definition) is 4. The number of benzene rings is 3. The summed E-state index contributed by atoms with van der Waals surface area (Å²) >= 11 is 6.19. The molecule has 0 bridgehead atoms. The maximum Gasteiger partial charge on any atom is 0.255 e. The highest BCUT2D eigenvalue weighted by molar-refractivity contribution is 6.31. The molecule has 0 saturated carbocycles. The fourth-order valence-electron chi connectivity index (χ4n) is 4.07. The topological polar surface area (TPSA) is 67.9 Å². The van der Waals surface area contributed by atoms with Crippen LogP contribution in [0, 0.1) is 6.92 Å². The van der Waals surface area contributed by atoms with E-state index in [1.54, 1.807) is 24.1 Å². The molecule has 1 atom stereocenters. The summed E-state index contributed by atoms with van der Waals surface area (Å²) < 4.78 is 10.6. The first-order valence-corrected chi connectivity index (χ1v) is 11.0. The van der Waals surface area contributed by atoms with Crippen molar-refractivity contribution in [3.63, 3.8) is 0 Å². The van der Waals surface area contributed by atoms with E-state index in [1.165, 1.54) is 7.11 Å². The number of carbonyl (C=O) groups is 2. The second kappa shape index (κ2) is 9.55. The first-order valence-electron chi connectivity index (χ1n) is 10.6. The van der Waals surface area contributed by atoms with Crippen LogP contribution in [0.1, 0.15) is 39.5 Å². The van der Waals surface area contributed by atoms with Crippen molar-refractivity contribution in [1.82, 2.24) is 4.90 Å². The lowest BCUT2D eigenvalue weighted by Crippen LogP contribution is -2.32. The molecule has 0 saturated heterocycles. The van der Waals surface area contributed by atoms with E-state index in [4.69, 9.17) is 21.1 Å². The number of methoxy groups -OCH3 is 2. The quantitative estimate of drug-likeness (QED) is 0.509. The highest BCUT2D eigenvalue weighted by Gasteiger charge is 2.34. The van der Waals surface area contributed by atoms with Gasteiger partial charge in [0.15, 0.2) is 0 Å². The normalized spacial score (nSPS) is 13.5. The first kappa shape index (κ1) is 22.7. The van der Waals surface area contributed by atoms with Crippen LogP contribution in [-0.4, -0.2) is 30.9 Å². The summed E-state index contributed by atoms with van der Waals surface area (Å²) in [6.45, 7) is 2.31. The van der Waals surface area contributed by atoms with Crippen molar-refractivity contribution in [2.45, 2.75) is 25.9 Å². The van der Waals surface area contributed by atoms with Crippen LogP contribution in [0.4, 0.5) is 5.69 Å². The van der Waals surface area contributed by atoms with Crippen LogP contribution in [0.2, 0.25) is 5.02 Å². The van der Waals surface area contributed by atoms with Gasteiger partial charge in [-0.15, -0.1) is 0 Å². The van der Waals surface area contributed by atoms with E-state index >= 15 is 0 Å². The fourth-order valence-corrected chi connectivity index (χ4v) is 4.22. The number of ether oxygens (including phenoxy) is 2. The zero-order valence-corrected chi connectivity index (χ0v) is 19.5. The third kappa shape index (κ3) is 4.66. The van der Waals surface area contributed by atoms with Gasteiger partial charge < -0.3 is 19.7 Å². The summed E-state index contributed by atoms with van der Waals surface area (Å²) in [4.78, 5) is 28.1. The molecular weight excluding hydrogens is 440 g/mol. The molecule has 1 aliphatic rings. The smallest absolute Gasteiger partial charge is 0.255 e. The van der Waals surface area contributed by atoms with Gasteiger partial charge in [0.05, 0.1) is 32.4 Å². The molecule has 0 fully saturated rings. The highest BCUT2D eigenvalue weighted by atomic mass is 35.5. The molecule has 0 radical (unpaired) electrons. The van der Waals surface area contributed by atoms with E-state index in [1.807, 2.05) is 55.5 Å². The number of fused-ring (bicyclic) bond motifs is 1. The highest BCUT2D eigenvalue weighted by Crippen LogP contribution is 2.35. The number of aryl methyl sites for hydroxylation is 1. The molecule has 0 spiro atoms. The molecule has 0 aliphatic carbocycles. The van der Waals surface area contributed by atoms with E-state index < -0.39 is 6.04 Å². The Hall–Kier alpha value is -3.51. The summed E-state index contributed by atoms with van der Waals surface area (Å²) in [6, 6.07) is 18.0. The van der Waals surface area contributed by atoms with E-state index in [2.05, 4.69) is 5.32 Å².